The van der Waals surface area contributed by atoms with E-state index in [1.165, 1.54) is 6.07 Å². The van der Waals surface area contributed by atoms with E-state index in [0.717, 1.165) is 24.3 Å². The van der Waals surface area contributed by atoms with Crippen LogP contribution in [0.3, 0.4) is 0 Å². The molecule has 0 aliphatic rings. The molecule has 22 heavy (non-hydrogen) atoms. The Bertz CT molecular complexity index is 666. The van der Waals surface area contributed by atoms with Crippen LogP contribution in [0, 0.1) is 0 Å². The second kappa shape index (κ2) is 5.68. The van der Waals surface area contributed by atoms with E-state index in [4.69, 9.17) is 11.6 Å². The maximum atomic E-state index is 12.6. The van der Waals surface area contributed by atoms with Gasteiger partial charge in [0.15, 0.2) is 0 Å². The lowest BCUT2D eigenvalue weighted by Gasteiger charge is -2.11. The Morgan fingerprint density at radius 1 is 0.909 bits per heavy atom. The van der Waals surface area contributed by atoms with Crippen LogP contribution < -0.4 is 4.74 Å². The van der Waals surface area contributed by atoms with Gasteiger partial charge in [-0.2, -0.15) is 13.2 Å². The second-order valence-corrected chi connectivity index (χ2v) is 4.56. The lowest BCUT2D eigenvalue weighted by molar-refractivity contribution is -0.274. The summed E-state index contributed by atoms with van der Waals surface area (Å²) in [7, 11) is 0. The number of hydrogen-bond donors (Lipinski definition) is 0. The first-order valence-electron chi connectivity index (χ1n) is 5.65. The number of ether oxygens (including phenoxy) is 1. The van der Waals surface area contributed by atoms with Gasteiger partial charge in [-0.05, 0) is 36.4 Å². The molecule has 118 valence electrons. The molecule has 0 saturated carbocycles. The molecule has 0 atom stereocenters. The van der Waals surface area contributed by atoms with Crippen LogP contribution in [0.1, 0.15) is 5.69 Å². The zero-order valence-corrected chi connectivity index (χ0v) is 11.2. The number of halogens is 7. The third kappa shape index (κ3) is 4.27. The molecular weight excluding hydrogens is 336 g/mol. The normalized spacial score (nSPS) is 12.3. The number of hydrogen-bond acceptors (Lipinski definition) is 2. The van der Waals surface area contributed by atoms with Gasteiger partial charge in [-0.25, -0.2) is 4.98 Å². The van der Waals surface area contributed by atoms with Gasteiger partial charge >= 0.3 is 12.5 Å². The third-order valence-corrected chi connectivity index (χ3v) is 2.68. The number of aromatic nitrogens is 1. The minimum absolute atomic E-state index is 0.113. The van der Waals surface area contributed by atoms with Gasteiger partial charge in [-0.1, -0.05) is 11.6 Å². The molecular formula is C13H6ClF6NO. The minimum atomic E-state index is -4.85. The van der Waals surface area contributed by atoms with Gasteiger partial charge in [0.05, 0.1) is 5.69 Å². The average Bonchev–Trinajstić information content (AvgIpc) is 2.36. The summed E-state index contributed by atoms with van der Waals surface area (Å²) in [5, 5.41) is -0.187. The van der Waals surface area contributed by atoms with E-state index in [9.17, 15) is 26.3 Å². The van der Waals surface area contributed by atoms with Gasteiger partial charge in [-0.15, -0.1) is 13.2 Å². The summed E-state index contributed by atoms with van der Waals surface area (Å²) in [6.07, 6.45) is -9.53. The van der Waals surface area contributed by atoms with Crippen molar-refractivity contribution < 1.29 is 31.1 Å². The summed E-state index contributed by atoms with van der Waals surface area (Å²) in [6.45, 7) is 0. The Balaban J connectivity index is 2.34. The highest BCUT2D eigenvalue weighted by molar-refractivity contribution is 6.30. The summed E-state index contributed by atoms with van der Waals surface area (Å²) in [5.41, 5.74) is -1.13. The van der Waals surface area contributed by atoms with E-state index >= 15 is 0 Å². The topological polar surface area (TPSA) is 22.1 Å². The minimum Gasteiger partial charge on any atom is -0.406 e. The fourth-order valence-electron chi connectivity index (χ4n) is 1.62. The van der Waals surface area contributed by atoms with Crippen molar-refractivity contribution in [3.8, 4) is 17.0 Å². The zero-order valence-electron chi connectivity index (χ0n) is 10.5. The maximum absolute atomic E-state index is 12.6. The molecule has 0 spiro atoms. The molecule has 1 aromatic carbocycles. The van der Waals surface area contributed by atoms with E-state index in [0.29, 0.717) is 6.07 Å². The molecule has 2 rings (SSSR count). The number of benzene rings is 1. The highest BCUT2D eigenvalue weighted by atomic mass is 35.5. The Hall–Kier alpha value is -1.96. The molecule has 0 fully saturated rings. The van der Waals surface area contributed by atoms with Crippen LogP contribution in [-0.4, -0.2) is 11.3 Å². The Labute approximate surface area is 125 Å². The van der Waals surface area contributed by atoms with Crippen LogP contribution in [0.5, 0.6) is 5.75 Å². The predicted molar refractivity (Wildman–Crippen MR) is 66.4 cm³/mol. The van der Waals surface area contributed by atoms with Crippen molar-refractivity contribution in [1.29, 1.82) is 0 Å². The number of alkyl halides is 6. The number of pyridine rings is 1. The lowest BCUT2D eigenvalue weighted by Crippen LogP contribution is -2.16. The molecule has 0 bridgehead atoms. The van der Waals surface area contributed by atoms with E-state index < -0.39 is 24.0 Å². The van der Waals surface area contributed by atoms with Gasteiger partial charge in [-0.3, -0.25) is 0 Å². The largest absolute Gasteiger partial charge is 0.573 e. The smallest absolute Gasteiger partial charge is 0.406 e. The van der Waals surface area contributed by atoms with Gasteiger partial charge in [0.25, 0.3) is 0 Å². The van der Waals surface area contributed by atoms with Gasteiger partial charge in [0, 0.05) is 10.6 Å². The van der Waals surface area contributed by atoms with Crippen LogP contribution >= 0.6 is 11.6 Å². The summed E-state index contributed by atoms with van der Waals surface area (Å²) < 4.78 is 77.7. The monoisotopic (exact) mass is 341 g/mol. The van der Waals surface area contributed by atoms with Gasteiger partial charge in [0.1, 0.15) is 11.4 Å². The van der Waals surface area contributed by atoms with E-state index in [1.54, 1.807) is 0 Å². The molecule has 0 aliphatic carbocycles. The van der Waals surface area contributed by atoms with Crippen molar-refractivity contribution in [3.05, 3.63) is 47.1 Å². The standard InChI is InChI=1S/C13H6ClF6NO/c14-8-5-10(21-11(6-8)12(15,16)17)7-1-3-9(4-2-7)22-13(18,19)20/h1-6H. The first kappa shape index (κ1) is 16.4. The van der Waals surface area contributed by atoms with E-state index in [2.05, 4.69) is 9.72 Å². The highest BCUT2D eigenvalue weighted by Gasteiger charge is 2.33. The van der Waals surface area contributed by atoms with Crippen molar-refractivity contribution >= 4 is 11.6 Å². The molecule has 2 nitrogen and oxygen atoms in total. The molecule has 0 amide bonds. The molecule has 0 radical (unpaired) electrons. The fourth-order valence-corrected chi connectivity index (χ4v) is 1.82. The Morgan fingerprint density at radius 3 is 2.00 bits per heavy atom. The third-order valence-electron chi connectivity index (χ3n) is 2.46. The number of rotatable bonds is 2. The van der Waals surface area contributed by atoms with Crippen LogP contribution in [0.4, 0.5) is 26.3 Å². The lowest BCUT2D eigenvalue weighted by atomic mass is 10.1. The van der Waals surface area contributed by atoms with E-state index in [-0.39, 0.29) is 16.3 Å². The number of nitrogens with zero attached hydrogens (tertiary/aromatic N) is 1. The summed E-state index contributed by atoms with van der Waals surface area (Å²) in [5.74, 6) is -0.491. The predicted octanol–water partition coefficient (Wildman–Crippen LogP) is 5.32. The highest BCUT2D eigenvalue weighted by Crippen LogP contribution is 2.33. The van der Waals surface area contributed by atoms with Crippen molar-refractivity contribution in [1.82, 2.24) is 4.98 Å². The molecule has 0 N–H and O–H groups in total. The van der Waals surface area contributed by atoms with Crippen molar-refractivity contribution in [2.24, 2.45) is 0 Å². The van der Waals surface area contributed by atoms with Crippen LogP contribution in [-0.2, 0) is 6.18 Å². The van der Waals surface area contributed by atoms with Crippen molar-refractivity contribution in [3.63, 3.8) is 0 Å². The second-order valence-electron chi connectivity index (χ2n) is 4.13. The Morgan fingerprint density at radius 2 is 1.50 bits per heavy atom. The van der Waals surface area contributed by atoms with Crippen LogP contribution in [0.15, 0.2) is 36.4 Å². The molecule has 2 aromatic rings. The zero-order chi connectivity index (χ0) is 16.5. The summed E-state index contributed by atoms with van der Waals surface area (Å²) in [6, 6.07) is 6.08. The Kier molecular flexibility index (Phi) is 4.23. The van der Waals surface area contributed by atoms with Gasteiger partial charge in [0.2, 0.25) is 0 Å². The molecule has 1 heterocycles. The maximum Gasteiger partial charge on any atom is 0.573 e. The van der Waals surface area contributed by atoms with Crippen molar-refractivity contribution in [2.45, 2.75) is 12.5 Å². The first-order valence-corrected chi connectivity index (χ1v) is 6.03. The molecule has 1 aromatic heterocycles. The quantitative estimate of drug-likeness (QED) is 0.690. The average molecular weight is 342 g/mol. The molecule has 0 unspecified atom stereocenters. The fraction of sp³-hybridized carbons (Fsp3) is 0.154. The van der Waals surface area contributed by atoms with E-state index in [1.807, 2.05) is 0 Å². The van der Waals surface area contributed by atoms with Crippen molar-refractivity contribution in [2.75, 3.05) is 0 Å². The van der Waals surface area contributed by atoms with Crippen LogP contribution in [0.2, 0.25) is 5.02 Å². The molecule has 0 aliphatic heterocycles. The summed E-state index contributed by atoms with van der Waals surface area (Å²) >= 11 is 5.61. The first-order chi connectivity index (χ1) is 10.0. The van der Waals surface area contributed by atoms with Gasteiger partial charge < -0.3 is 4.74 Å². The van der Waals surface area contributed by atoms with Crippen LogP contribution in [0.25, 0.3) is 11.3 Å². The SMILES string of the molecule is FC(F)(F)Oc1ccc(-c2cc(Cl)cc(C(F)(F)F)n2)cc1. The summed E-state index contributed by atoms with van der Waals surface area (Å²) in [4.78, 5) is 3.41. The molecule has 0 saturated heterocycles. The molecule has 9 heteroatoms.